The SMILES string of the molecule is COc1cc(OC2OC(CO)C(O)C(O)C2O)c2c(=O)c(O)c(-c3ccc(O)cc3)oc2c1. The molecule has 33 heavy (non-hydrogen) atoms. The van der Waals surface area contributed by atoms with Gasteiger partial charge in [0.1, 0.15) is 52.6 Å². The second kappa shape index (κ2) is 8.89. The number of hydrogen-bond acceptors (Lipinski definition) is 11. The lowest BCUT2D eigenvalue weighted by Gasteiger charge is -2.39. The van der Waals surface area contributed by atoms with E-state index in [1.807, 2.05) is 0 Å². The Balaban J connectivity index is 1.83. The Kier molecular flexibility index (Phi) is 6.15. The van der Waals surface area contributed by atoms with E-state index in [1.165, 1.54) is 43.5 Å². The summed E-state index contributed by atoms with van der Waals surface area (Å²) >= 11 is 0. The topological polar surface area (TPSA) is 179 Å². The van der Waals surface area contributed by atoms with Crippen molar-refractivity contribution < 1.29 is 49.3 Å². The van der Waals surface area contributed by atoms with Crippen LogP contribution in [0, 0.1) is 0 Å². The number of methoxy groups -OCH3 is 1. The summed E-state index contributed by atoms with van der Waals surface area (Å²) in [5.74, 6) is -0.891. The van der Waals surface area contributed by atoms with E-state index < -0.39 is 48.5 Å². The number of fused-ring (bicyclic) bond motifs is 1. The van der Waals surface area contributed by atoms with Crippen molar-refractivity contribution in [2.45, 2.75) is 30.7 Å². The first kappa shape index (κ1) is 22.8. The lowest BCUT2D eigenvalue weighted by molar-refractivity contribution is -0.277. The number of aliphatic hydroxyl groups is 4. The Morgan fingerprint density at radius 1 is 1.00 bits per heavy atom. The van der Waals surface area contributed by atoms with Gasteiger partial charge < -0.3 is 49.3 Å². The quantitative estimate of drug-likeness (QED) is 0.302. The van der Waals surface area contributed by atoms with Gasteiger partial charge in [-0.05, 0) is 24.3 Å². The van der Waals surface area contributed by atoms with Crippen LogP contribution in [0.2, 0.25) is 0 Å². The Morgan fingerprint density at radius 3 is 2.33 bits per heavy atom. The van der Waals surface area contributed by atoms with Crippen LogP contribution in [0.25, 0.3) is 22.3 Å². The molecule has 5 atom stereocenters. The lowest BCUT2D eigenvalue weighted by Crippen LogP contribution is -2.60. The number of hydrogen-bond donors (Lipinski definition) is 6. The summed E-state index contributed by atoms with van der Waals surface area (Å²) in [7, 11) is 1.36. The largest absolute Gasteiger partial charge is 0.508 e. The van der Waals surface area contributed by atoms with Crippen molar-refractivity contribution in [3.63, 3.8) is 0 Å². The van der Waals surface area contributed by atoms with Gasteiger partial charge in [-0.3, -0.25) is 4.79 Å². The molecule has 4 rings (SSSR count). The maximum Gasteiger partial charge on any atom is 0.238 e. The molecule has 1 aliphatic heterocycles. The molecule has 0 saturated carbocycles. The second-order valence-corrected chi connectivity index (χ2v) is 7.47. The molecule has 0 spiro atoms. The Labute approximate surface area is 186 Å². The van der Waals surface area contributed by atoms with Gasteiger partial charge in [0.2, 0.25) is 17.5 Å². The number of rotatable bonds is 5. The molecule has 11 nitrogen and oxygen atoms in total. The van der Waals surface area contributed by atoms with Gasteiger partial charge in [-0.25, -0.2) is 0 Å². The van der Waals surface area contributed by atoms with E-state index in [1.54, 1.807) is 0 Å². The first-order valence-electron chi connectivity index (χ1n) is 9.89. The van der Waals surface area contributed by atoms with Crippen molar-refractivity contribution in [2.75, 3.05) is 13.7 Å². The second-order valence-electron chi connectivity index (χ2n) is 7.47. The van der Waals surface area contributed by atoms with E-state index in [0.29, 0.717) is 5.56 Å². The van der Waals surface area contributed by atoms with Crippen LogP contribution in [0.3, 0.4) is 0 Å². The van der Waals surface area contributed by atoms with E-state index >= 15 is 0 Å². The highest BCUT2D eigenvalue weighted by molar-refractivity contribution is 5.88. The van der Waals surface area contributed by atoms with E-state index in [-0.39, 0.29) is 34.0 Å². The predicted molar refractivity (Wildman–Crippen MR) is 112 cm³/mol. The van der Waals surface area contributed by atoms with Crippen LogP contribution >= 0.6 is 0 Å². The summed E-state index contributed by atoms with van der Waals surface area (Å²) in [6.07, 6.45) is -7.80. The molecule has 11 heteroatoms. The molecule has 0 aliphatic carbocycles. The van der Waals surface area contributed by atoms with Crippen LogP contribution in [-0.4, -0.2) is 75.1 Å². The number of phenolic OH excluding ortho intramolecular Hbond substituents is 1. The molecule has 2 heterocycles. The predicted octanol–water partition coefficient (Wildman–Crippen LogP) is 0.0585. The number of ether oxygens (including phenoxy) is 3. The van der Waals surface area contributed by atoms with Gasteiger partial charge in [0.25, 0.3) is 0 Å². The minimum absolute atomic E-state index is 0.0155. The zero-order valence-electron chi connectivity index (χ0n) is 17.3. The molecular weight excluding hydrogens is 440 g/mol. The highest BCUT2D eigenvalue weighted by Crippen LogP contribution is 2.37. The monoisotopic (exact) mass is 462 g/mol. The molecular formula is C22H22O11. The minimum Gasteiger partial charge on any atom is -0.508 e. The summed E-state index contributed by atoms with van der Waals surface area (Å²) in [4.78, 5) is 13.1. The van der Waals surface area contributed by atoms with Gasteiger partial charge in [-0.15, -0.1) is 0 Å². The van der Waals surface area contributed by atoms with Crippen molar-refractivity contribution in [1.29, 1.82) is 0 Å². The van der Waals surface area contributed by atoms with Crippen LogP contribution in [0.15, 0.2) is 45.6 Å². The van der Waals surface area contributed by atoms with Crippen LogP contribution in [0.4, 0.5) is 0 Å². The number of phenols is 1. The summed E-state index contributed by atoms with van der Waals surface area (Å²) in [5, 5.41) is 59.4. The molecule has 1 fully saturated rings. The van der Waals surface area contributed by atoms with E-state index in [0.717, 1.165) is 0 Å². The third kappa shape index (κ3) is 4.08. The zero-order chi connectivity index (χ0) is 23.9. The maximum atomic E-state index is 13.1. The van der Waals surface area contributed by atoms with E-state index in [2.05, 4.69) is 0 Å². The molecule has 2 aromatic carbocycles. The average molecular weight is 462 g/mol. The molecule has 6 N–H and O–H groups in total. The fourth-order valence-electron chi connectivity index (χ4n) is 3.56. The standard InChI is InChI=1S/C22H22O11/c1-30-11-6-12-15(17(26)19(28)21(31-12)9-2-4-10(24)5-3-9)13(7-11)32-22-20(29)18(27)16(25)14(8-23)33-22/h2-7,14,16,18,20,22-25,27-29H,8H2,1H3. The molecule has 1 aliphatic rings. The van der Waals surface area contributed by atoms with E-state index in [9.17, 15) is 35.4 Å². The Bertz CT molecular complexity index is 1200. The van der Waals surface area contributed by atoms with Gasteiger partial charge in [0.15, 0.2) is 5.76 Å². The third-order valence-electron chi connectivity index (χ3n) is 5.37. The van der Waals surface area contributed by atoms with Gasteiger partial charge in [-0.2, -0.15) is 0 Å². The Morgan fingerprint density at radius 2 is 1.70 bits per heavy atom. The summed E-state index contributed by atoms with van der Waals surface area (Å²) in [6.45, 7) is -0.664. The van der Waals surface area contributed by atoms with Gasteiger partial charge >= 0.3 is 0 Å². The number of aliphatic hydroxyl groups excluding tert-OH is 4. The lowest BCUT2D eigenvalue weighted by atomic mass is 9.99. The Hall–Kier alpha value is -3.35. The van der Waals surface area contributed by atoms with Crippen molar-refractivity contribution in [2.24, 2.45) is 0 Å². The van der Waals surface area contributed by atoms with Gasteiger partial charge in [0, 0.05) is 17.7 Å². The first-order chi connectivity index (χ1) is 15.7. The van der Waals surface area contributed by atoms with Crippen molar-refractivity contribution in [1.82, 2.24) is 0 Å². The highest BCUT2D eigenvalue weighted by Gasteiger charge is 2.45. The summed E-state index contributed by atoms with van der Waals surface area (Å²) in [6, 6.07) is 8.30. The average Bonchev–Trinajstić information content (AvgIpc) is 2.81. The normalized spacial score (nSPS) is 25.2. The fourth-order valence-corrected chi connectivity index (χ4v) is 3.56. The minimum atomic E-state index is -1.72. The highest BCUT2D eigenvalue weighted by atomic mass is 16.7. The van der Waals surface area contributed by atoms with Crippen LogP contribution in [-0.2, 0) is 4.74 Å². The van der Waals surface area contributed by atoms with E-state index in [4.69, 9.17) is 18.6 Å². The zero-order valence-corrected chi connectivity index (χ0v) is 17.3. The van der Waals surface area contributed by atoms with Crippen molar-refractivity contribution in [3.05, 3.63) is 46.6 Å². The van der Waals surface area contributed by atoms with Crippen molar-refractivity contribution in [3.8, 4) is 34.3 Å². The van der Waals surface area contributed by atoms with Crippen LogP contribution in [0.5, 0.6) is 23.0 Å². The fraction of sp³-hybridized carbons (Fsp3) is 0.318. The molecule has 0 radical (unpaired) electrons. The van der Waals surface area contributed by atoms with Gasteiger partial charge in [0.05, 0.1) is 13.7 Å². The molecule has 0 amide bonds. The van der Waals surface area contributed by atoms with Crippen LogP contribution < -0.4 is 14.9 Å². The number of aromatic hydroxyl groups is 2. The van der Waals surface area contributed by atoms with Gasteiger partial charge in [-0.1, -0.05) is 0 Å². The summed E-state index contributed by atoms with van der Waals surface area (Å²) in [5.41, 5.74) is -0.565. The molecule has 176 valence electrons. The third-order valence-corrected chi connectivity index (χ3v) is 5.37. The molecule has 3 aromatic rings. The maximum absolute atomic E-state index is 13.1. The molecule has 5 unspecified atom stereocenters. The molecule has 1 aromatic heterocycles. The van der Waals surface area contributed by atoms with Crippen molar-refractivity contribution >= 4 is 11.0 Å². The number of benzene rings is 2. The first-order valence-corrected chi connectivity index (χ1v) is 9.89. The van der Waals surface area contributed by atoms with Crippen LogP contribution in [0.1, 0.15) is 0 Å². The smallest absolute Gasteiger partial charge is 0.238 e. The molecule has 1 saturated heterocycles. The molecule has 0 bridgehead atoms. The summed E-state index contributed by atoms with van der Waals surface area (Å²) < 4.78 is 21.9.